The molecule has 0 aliphatic carbocycles. The summed E-state index contributed by atoms with van der Waals surface area (Å²) in [5.41, 5.74) is 1.28. The van der Waals surface area contributed by atoms with Crippen LogP contribution >= 0.6 is 0 Å². The van der Waals surface area contributed by atoms with Crippen molar-refractivity contribution in [3.8, 4) is 0 Å². The Morgan fingerprint density at radius 1 is 1.56 bits per heavy atom. The number of aliphatic hydroxyl groups excluding tert-OH is 1. The quantitative estimate of drug-likeness (QED) is 0.576. The summed E-state index contributed by atoms with van der Waals surface area (Å²) in [6.45, 7) is 6.58. The monoisotopic (exact) mass is 128 g/mol. The van der Waals surface area contributed by atoms with Gasteiger partial charge >= 0.3 is 0 Å². The topological polar surface area (TPSA) is 20.2 Å². The highest BCUT2D eigenvalue weighted by Crippen LogP contribution is 2.08. The molecule has 0 aliphatic heterocycles. The van der Waals surface area contributed by atoms with Crippen LogP contribution in [0.2, 0.25) is 0 Å². The lowest BCUT2D eigenvalue weighted by Gasteiger charge is -2.02. The highest BCUT2D eigenvalue weighted by Gasteiger charge is 1.93. The van der Waals surface area contributed by atoms with Gasteiger partial charge in [0, 0.05) is 0 Å². The van der Waals surface area contributed by atoms with E-state index in [2.05, 4.69) is 20.8 Å². The maximum absolute atomic E-state index is 8.47. The number of hydrogen-bond acceptors (Lipinski definition) is 1. The molecule has 0 saturated heterocycles. The van der Waals surface area contributed by atoms with Crippen molar-refractivity contribution >= 4 is 0 Å². The Bertz CT molecular complexity index is 92.7. The van der Waals surface area contributed by atoms with Gasteiger partial charge in [0.05, 0.1) is 6.61 Å². The first-order chi connectivity index (χ1) is 4.16. The van der Waals surface area contributed by atoms with Crippen molar-refractivity contribution in [1.29, 1.82) is 0 Å². The highest BCUT2D eigenvalue weighted by atomic mass is 16.2. The minimum Gasteiger partial charge on any atom is -0.392 e. The van der Waals surface area contributed by atoms with Gasteiger partial charge in [0.25, 0.3) is 0 Å². The fourth-order valence-electron chi connectivity index (χ4n) is 0.883. The van der Waals surface area contributed by atoms with Crippen LogP contribution in [-0.2, 0) is 0 Å². The smallest absolute Gasteiger partial charge is 0.0614 e. The van der Waals surface area contributed by atoms with Gasteiger partial charge in [0.2, 0.25) is 0 Å². The number of hydrogen-bond donors (Lipinski definition) is 1. The largest absolute Gasteiger partial charge is 0.392 e. The predicted molar refractivity (Wildman–Crippen MR) is 40.3 cm³/mol. The zero-order valence-electron chi connectivity index (χ0n) is 6.52. The van der Waals surface area contributed by atoms with Gasteiger partial charge in [-0.2, -0.15) is 0 Å². The molecule has 1 nitrogen and oxygen atoms in total. The van der Waals surface area contributed by atoms with Gasteiger partial charge in [-0.1, -0.05) is 25.5 Å². The van der Waals surface area contributed by atoms with Crippen molar-refractivity contribution in [2.24, 2.45) is 5.92 Å². The molecule has 54 valence electrons. The third kappa shape index (κ3) is 5.57. The SMILES string of the molecule is C/C(=C\CO)CC(C)C. The fraction of sp³-hybridized carbons (Fsp3) is 0.750. The van der Waals surface area contributed by atoms with Crippen LogP contribution in [0.3, 0.4) is 0 Å². The molecule has 0 bridgehead atoms. The third-order valence-corrected chi connectivity index (χ3v) is 1.17. The molecule has 0 spiro atoms. The van der Waals surface area contributed by atoms with Crippen LogP contribution in [0.25, 0.3) is 0 Å². The molecule has 1 heteroatoms. The molecule has 0 aromatic heterocycles. The predicted octanol–water partition coefficient (Wildman–Crippen LogP) is 1.97. The van der Waals surface area contributed by atoms with Crippen LogP contribution in [0.15, 0.2) is 11.6 Å². The highest BCUT2D eigenvalue weighted by molar-refractivity contribution is 4.97. The Labute approximate surface area is 57.4 Å². The van der Waals surface area contributed by atoms with E-state index in [-0.39, 0.29) is 6.61 Å². The van der Waals surface area contributed by atoms with Gasteiger partial charge in [-0.05, 0) is 19.3 Å². The summed E-state index contributed by atoms with van der Waals surface area (Å²) in [5, 5.41) is 8.47. The molecule has 0 heterocycles. The first-order valence-electron chi connectivity index (χ1n) is 3.43. The molecule has 0 radical (unpaired) electrons. The summed E-state index contributed by atoms with van der Waals surface area (Å²) in [5.74, 6) is 0.702. The van der Waals surface area contributed by atoms with E-state index in [0.717, 1.165) is 6.42 Å². The molecule has 0 rings (SSSR count). The average Bonchev–Trinajstić information content (AvgIpc) is 1.63. The Morgan fingerprint density at radius 3 is 2.44 bits per heavy atom. The zero-order valence-corrected chi connectivity index (χ0v) is 6.52. The molecule has 0 amide bonds. The lowest BCUT2D eigenvalue weighted by Crippen LogP contribution is -1.88. The summed E-state index contributed by atoms with van der Waals surface area (Å²) in [7, 11) is 0. The van der Waals surface area contributed by atoms with Crippen molar-refractivity contribution in [3.63, 3.8) is 0 Å². The van der Waals surface area contributed by atoms with Gasteiger partial charge in [-0.15, -0.1) is 0 Å². The second kappa shape index (κ2) is 4.57. The summed E-state index contributed by atoms with van der Waals surface area (Å²) in [4.78, 5) is 0. The number of aliphatic hydroxyl groups is 1. The number of allylic oxidation sites excluding steroid dienone is 1. The minimum absolute atomic E-state index is 0.179. The lowest BCUT2D eigenvalue weighted by molar-refractivity contribution is 0.341. The molecule has 0 aliphatic rings. The van der Waals surface area contributed by atoms with E-state index >= 15 is 0 Å². The molecule has 0 unspecified atom stereocenters. The van der Waals surface area contributed by atoms with Crippen LogP contribution < -0.4 is 0 Å². The fourth-order valence-corrected chi connectivity index (χ4v) is 0.883. The van der Waals surface area contributed by atoms with Crippen molar-refractivity contribution in [2.45, 2.75) is 27.2 Å². The third-order valence-electron chi connectivity index (χ3n) is 1.17. The van der Waals surface area contributed by atoms with E-state index in [0.29, 0.717) is 5.92 Å². The second-order valence-electron chi connectivity index (χ2n) is 2.83. The molecular formula is C8H16O. The van der Waals surface area contributed by atoms with E-state index in [1.165, 1.54) is 5.57 Å². The van der Waals surface area contributed by atoms with E-state index in [4.69, 9.17) is 5.11 Å². The first-order valence-corrected chi connectivity index (χ1v) is 3.43. The Kier molecular flexibility index (Phi) is 4.41. The normalized spacial score (nSPS) is 12.8. The van der Waals surface area contributed by atoms with Crippen LogP contribution in [0, 0.1) is 5.92 Å². The summed E-state index contributed by atoms with van der Waals surface area (Å²) in [6.07, 6.45) is 2.96. The molecule has 0 fully saturated rings. The summed E-state index contributed by atoms with van der Waals surface area (Å²) >= 11 is 0. The zero-order chi connectivity index (χ0) is 7.28. The van der Waals surface area contributed by atoms with Gasteiger partial charge in [-0.25, -0.2) is 0 Å². The van der Waals surface area contributed by atoms with Gasteiger partial charge in [0.1, 0.15) is 0 Å². The van der Waals surface area contributed by atoms with Gasteiger partial charge < -0.3 is 5.11 Å². The second-order valence-corrected chi connectivity index (χ2v) is 2.83. The van der Waals surface area contributed by atoms with E-state index in [1.807, 2.05) is 6.08 Å². The van der Waals surface area contributed by atoms with Gasteiger partial charge in [-0.3, -0.25) is 0 Å². The van der Waals surface area contributed by atoms with Crippen LogP contribution in [-0.4, -0.2) is 11.7 Å². The van der Waals surface area contributed by atoms with Crippen LogP contribution in [0.4, 0.5) is 0 Å². The summed E-state index contributed by atoms with van der Waals surface area (Å²) < 4.78 is 0. The Balaban J connectivity index is 3.49. The van der Waals surface area contributed by atoms with Crippen molar-refractivity contribution in [1.82, 2.24) is 0 Å². The Morgan fingerprint density at radius 2 is 2.11 bits per heavy atom. The molecule has 0 aromatic rings. The van der Waals surface area contributed by atoms with E-state index in [1.54, 1.807) is 0 Å². The Hall–Kier alpha value is -0.300. The van der Waals surface area contributed by atoms with Crippen LogP contribution in [0.1, 0.15) is 27.2 Å². The molecule has 1 N–H and O–H groups in total. The molecule has 9 heavy (non-hydrogen) atoms. The standard InChI is InChI=1S/C8H16O/c1-7(2)6-8(3)4-5-9/h4,7,9H,5-6H2,1-3H3/b8-4+. The van der Waals surface area contributed by atoms with E-state index in [9.17, 15) is 0 Å². The summed E-state index contributed by atoms with van der Waals surface area (Å²) in [6, 6.07) is 0. The lowest BCUT2D eigenvalue weighted by atomic mass is 10.0. The minimum atomic E-state index is 0.179. The molecule has 0 aromatic carbocycles. The average molecular weight is 128 g/mol. The van der Waals surface area contributed by atoms with Gasteiger partial charge in [0.15, 0.2) is 0 Å². The first kappa shape index (κ1) is 8.70. The van der Waals surface area contributed by atoms with E-state index < -0.39 is 0 Å². The molecule has 0 atom stereocenters. The van der Waals surface area contributed by atoms with Crippen molar-refractivity contribution < 1.29 is 5.11 Å². The van der Waals surface area contributed by atoms with Crippen molar-refractivity contribution in [2.75, 3.05) is 6.61 Å². The molecule has 0 saturated carbocycles. The maximum atomic E-state index is 8.47. The van der Waals surface area contributed by atoms with Crippen molar-refractivity contribution in [3.05, 3.63) is 11.6 Å². The number of rotatable bonds is 3. The molecular weight excluding hydrogens is 112 g/mol. The maximum Gasteiger partial charge on any atom is 0.0614 e. The van der Waals surface area contributed by atoms with Crippen LogP contribution in [0.5, 0.6) is 0 Å².